The topological polar surface area (TPSA) is 88.8 Å². The summed E-state index contributed by atoms with van der Waals surface area (Å²) in [6, 6.07) is 5.61. The molecule has 2 rings (SSSR count). The molecule has 0 radical (unpaired) electrons. The molecular formula is C14H20N6. The average molecular weight is 272 g/mol. The van der Waals surface area contributed by atoms with Crippen molar-refractivity contribution in [1.29, 1.82) is 0 Å². The second-order valence-electron chi connectivity index (χ2n) is 4.93. The molecule has 0 spiro atoms. The molecule has 0 atom stereocenters. The van der Waals surface area contributed by atoms with Crippen molar-refractivity contribution in [1.82, 2.24) is 15.0 Å². The van der Waals surface area contributed by atoms with Gasteiger partial charge in [-0.2, -0.15) is 0 Å². The zero-order valence-corrected chi connectivity index (χ0v) is 11.8. The van der Waals surface area contributed by atoms with Crippen LogP contribution < -0.4 is 16.4 Å². The molecule has 0 aliphatic carbocycles. The summed E-state index contributed by atoms with van der Waals surface area (Å²) in [5, 5.41) is 6.32. The monoisotopic (exact) mass is 272 g/mol. The van der Waals surface area contributed by atoms with E-state index in [0.717, 1.165) is 13.0 Å². The number of nitrogens with one attached hydrogen (secondary N) is 2. The first-order valence-corrected chi connectivity index (χ1v) is 6.69. The molecule has 0 fully saturated rings. The normalized spacial score (nSPS) is 10.6. The second-order valence-corrected chi connectivity index (χ2v) is 4.93. The van der Waals surface area contributed by atoms with Crippen LogP contribution in [0.25, 0.3) is 0 Å². The largest absolute Gasteiger partial charge is 0.393 e. The molecule has 0 bridgehead atoms. The average Bonchev–Trinajstić information content (AvgIpc) is 2.44. The van der Waals surface area contributed by atoms with E-state index in [1.54, 1.807) is 6.20 Å². The fraction of sp³-hybridized carbons (Fsp3) is 0.357. The minimum Gasteiger partial charge on any atom is -0.393 e. The van der Waals surface area contributed by atoms with E-state index in [4.69, 9.17) is 5.73 Å². The van der Waals surface area contributed by atoms with Gasteiger partial charge in [0.25, 0.3) is 0 Å². The Bertz CT molecular complexity index is 541. The lowest BCUT2D eigenvalue weighted by atomic mass is 10.1. The van der Waals surface area contributed by atoms with Gasteiger partial charge in [0, 0.05) is 12.7 Å². The quantitative estimate of drug-likeness (QED) is 0.749. The molecule has 4 N–H and O–H groups in total. The molecule has 0 aliphatic rings. The van der Waals surface area contributed by atoms with Gasteiger partial charge in [-0.3, -0.25) is 0 Å². The summed E-state index contributed by atoms with van der Waals surface area (Å²) >= 11 is 0. The lowest BCUT2D eigenvalue weighted by molar-refractivity contribution is 0.606. The number of anilines is 4. The SMILES string of the molecule is CC(C)CCNc1ncnc(Nc2ccccn2)c1N. The molecule has 2 heterocycles. The Balaban J connectivity index is 2.07. The third-order valence-corrected chi connectivity index (χ3v) is 2.81. The summed E-state index contributed by atoms with van der Waals surface area (Å²) in [5.74, 6) is 2.55. The van der Waals surface area contributed by atoms with Crippen molar-refractivity contribution >= 4 is 23.1 Å². The molecule has 20 heavy (non-hydrogen) atoms. The molecule has 0 unspecified atom stereocenters. The zero-order chi connectivity index (χ0) is 14.4. The maximum absolute atomic E-state index is 6.07. The molecule has 2 aromatic rings. The van der Waals surface area contributed by atoms with E-state index in [2.05, 4.69) is 39.4 Å². The lowest BCUT2D eigenvalue weighted by Gasteiger charge is -2.12. The predicted octanol–water partition coefficient (Wildman–Crippen LogP) is 2.66. The lowest BCUT2D eigenvalue weighted by Crippen LogP contribution is -2.10. The van der Waals surface area contributed by atoms with Crippen LogP contribution in [0, 0.1) is 5.92 Å². The number of nitrogen functional groups attached to an aromatic ring is 1. The Kier molecular flexibility index (Phi) is 4.70. The molecule has 0 aromatic carbocycles. The molecule has 0 aliphatic heterocycles. The van der Waals surface area contributed by atoms with Crippen LogP contribution in [0.2, 0.25) is 0 Å². The van der Waals surface area contributed by atoms with E-state index in [9.17, 15) is 0 Å². The van der Waals surface area contributed by atoms with Crippen LogP contribution in [-0.2, 0) is 0 Å². The summed E-state index contributed by atoms with van der Waals surface area (Å²) in [7, 11) is 0. The summed E-state index contributed by atoms with van der Waals surface area (Å²) in [5.41, 5.74) is 6.57. The molecule has 0 saturated heterocycles. The zero-order valence-electron chi connectivity index (χ0n) is 11.8. The third kappa shape index (κ3) is 3.81. The van der Waals surface area contributed by atoms with Gasteiger partial charge >= 0.3 is 0 Å². The van der Waals surface area contributed by atoms with Gasteiger partial charge in [-0.05, 0) is 24.5 Å². The van der Waals surface area contributed by atoms with Gasteiger partial charge in [0.05, 0.1) is 0 Å². The van der Waals surface area contributed by atoms with Gasteiger partial charge in [-0.25, -0.2) is 15.0 Å². The standard InChI is InChI=1S/C14H20N6/c1-10(2)6-8-17-13-12(15)14(19-9-18-13)20-11-5-3-4-7-16-11/h3-5,7,9-10H,6,8,15H2,1-2H3,(H2,16,17,18,19,20). The van der Waals surface area contributed by atoms with E-state index in [1.165, 1.54) is 6.33 Å². The number of aromatic nitrogens is 3. The Hall–Kier alpha value is -2.37. The summed E-state index contributed by atoms with van der Waals surface area (Å²) < 4.78 is 0. The first-order chi connectivity index (χ1) is 9.66. The number of rotatable bonds is 6. The molecular weight excluding hydrogens is 252 g/mol. The molecule has 6 heteroatoms. The van der Waals surface area contributed by atoms with Crippen LogP contribution in [0.15, 0.2) is 30.7 Å². The molecule has 0 amide bonds. The predicted molar refractivity (Wildman–Crippen MR) is 81.9 cm³/mol. The van der Waals surface area contributed by atoms with Gasteiger partial charge in [0.15, 0.2) is 11.6 Å². The van der Waals surface area contributed by atoms with Crippen LogP contribution in [0.5, 0.6) is 0 Å². The fourth-order valence-electron chi connectivity index (χ4n) is 1.67. The molecule has 0 saturated carbocycles. The maximum Gasteiger partial charge on any atom is 0.160 e. The van der Waals surface area contributed by atoms with E-state index in [-0.39, 0.29) is 0 Å². The number of pyridine rings is 1. The van der Waals surface area contributed by atoms with Crippen molar-refractivity contribution < 1.29 is 0 Å². The van der Waals surface area contributed by atoms with Gasteiger partial charge in [-0.1, -0.05) is 19.9 Å². The smallest absolute Gasteiger partial charge is 0.160 e. The minimum atomic E-state index is 0.502. The van der Waals surface area contributed by atoms with Gasteiger partial charge in [0.2, 0.25) is 0 Å². The Morgan fingerprint density at radius 3 is 2.65 bits per heavy atom. The van der Waals surface area contributed by atoms with Crippen LogP contribution in [0.4, 0.5) is 23.1 Å². The van der Waals surface area contributed by atoms with Gasteiger partial charge < -0.3 is 16.4 Å². The van der Waals surface area contributed by atoms with Crippen molar-refractivity contribution in [3.8, 4) is 0 Å². The Morgan fingerprint density at radius 1 is 1.15 bits per heavy atom. The van der Waals surface area contributed by atoms with Crippen LogP contribution >= 0.6 is 0 Å². The van der Waals surface area contributed by atoms with Crippen molar-refractivity contribution in [2.24, 2.45) is 5.92 Å². The number of hydrogen-bond donors (Lipinski definition) is 3. The molecule has 6 nitrogen and oxygen atoms in total. The Morgan fingerprint density at radius 2 is 1.95 bits per heavy atom. The van der Waals surface area contributed by atoms with Crippen molar-refractivity contribution in [2.75, 3.05) is 22.9 Å². The van der Waals surface area contributed by atoms with Gasteiger partial charge in [-0.15, -0.1) is 0 Å². The third-order valence-electron chi connectivity index (χ3n) is 2.81. The highest BCUT2D eigenvalue weighted by molar-refractivity contribution is 5.76. The van der Waals surface area contributed by atoms with Crippen molar-refractivity contribution in [3.63, 3.8) is 0 Å². The number of nitrogens with two attached hydrogens (primary N) is 1. The number of nitrogens with zero attached hydrogens (tertiary/aromatic N) is 3. The first kappa shape index (κ1) is 14.0. The van der Waals surface area contributed by atoms with Crippen LogP contribution in [0.3, 0.4) is 0 Å². The fourth-order valence-corrected chi connectivity index (χ4v) is 1.67. The van der Waals surface area contributed by atoms with Gasteiger partial charge in [0.1, 0.15) is 17.8 Å². The van der Waals surface area contributed by atoms with Crippen molar-refractivity contribution in [3.05, 3.63) is 30.7 Å². The highest BCUT2D eigenvalue weighted by Gasteiger charge is 2.08. The first-order valence-electron chi connectivity index (χ1n) is 6.69. The summed E-state index contributed by atoms with van der Waals surface area (Å²) in [4.78, 5) is 12.5. The summed E-state index contributed by atoms with van der Waals surface area (Å²) in [6.07, 6.45) is 4.26. The Labute approximate surface area is 118 Å². The summed E-state index contributed by atoms with van der Waals surface area (Å²) in [6.45, 7) is 5.19. The van der Waals surface area contributed by atoms with E-state index >= 15 is 0 Å². The highest BCUT2D eigenvalue weighted by atomic mass is 15.1. The number of hydrogen-bond acceptors (Lipinski definition) is 6. The highest BCUT2D eigenvalue weighted by Crippen LogP contribution is 2.24. The van der Waals surface area contributed by atoms with E-state index in [0.29, 0.717) is 29.1 Å². The van der Waals surface area contributed by atoms with E-state index < -0.39 is 0 Å². The minimum absolute atomic E-state index is 0.502. The van der Waals surface area contributed by atoms with Crippen LogP contribution in [-0.4, -0.2) is 21.5 Å². The van der Waals surface area contributed by atoms with Crippen molar-refractivity contribution in [2.45, 2.75) is 20.3 Å². The van der Waals surface area contributed by atoms with E-state index in [1.807, 2.05) is 18.2 Å². The molecule has 106 valence electrons. The second kappa shape index (κ2) is 6.70. The molecule has 2 aromatic heterocycles. The van der Waals surface area contributed by atoms with Crippen LogP contribution in [0.1, 0.15) is 20.3 Å². The maximum atomic E-state index is 6.07.